The summed E-state index contributed by atoms with van der Waals surface area (Å²) >= 11 is 0. The molecule has 28 heavy (non-hydrogen) atoms. The lowest BCUT2D eigenvalue weighted by Crippen LogP contribution is -2.46. The molecule has 1 aliphatic rings. The lowest BCUT2D eigenvalue weighted by molar-refractivity contribution is -0.384. The number of ether oxygens (including phenoxy) is 2. The maximum atomic E-state index is 13.2. The minimum Gasteiger partial charge on any atom is -0.494 e. The highest BCUT2D eigenvalue weighted by Crippen LogP contribution is 2.30. The number of anilines is 1. The Balaban J connectivity index is 2.00. The first-order valence-corrected chi connectivity index (χ1v) is 9.35. The normalized spacial score (nSPS) is 19.3. The predicted octanol–water partition coefficient (Wildman–Crippen LogP) is 3.84. The summed E-state index contributed by atoms with van der Waals surface area (Å²) in [6.07, 6.45) is 0.0136. The number of benzene rings is 2. The first kappa shape index (κ1) is 19.8. The molecule has 2 aromatic carbocycles. The van der Waals surface area contributed by atoms with Crippen molar-refractivity contribution in [2.24, 2.45) is 0 Å². The number of ketones is 1. The van der Waals surface area contributed by atoms with Crippen molar-refractivity contribution < 1.29 is 19.2 Å². The average molecular weight is 384 g/mol. The number of morpholine rings is 1. The molecule has 0 bridgehead atoms. The van der Waals surface area contributed by atoms with Gasteiger partial charge in [-0.2, -0.15) is 0 Å². The minimum atomic E-state index is -0.483. The zero-order chi connectivity index (χ0) is 20.3. The average Bonchev–Trinajstić information content (AvgIpc) is 2.67. The molecule has 148 valence electrons. The molecule has 0 unspecified atom stereocenters. The van der Waals surface area contributed by atoms with E-state index in [-0.39, 0.29) is 23.7 Å². The van der Waals surface area contributed by atoms with E-state index in [1.807, 2.05) is 20.8 Å². The lowest BCUT2D eigenvalue weighted by atomic mass is 9.99. The molecule has 7 heteroatoms. The van der Waals surface area contributed by atoms with Crippen molar-refractivity contribution in [2.45, 2.75) is 33.0 Å². The molecule has 1 heterocycles. The summed E-state index contributed by atoms with van der Waals surface area (Å²) in [7, 11) is 0. The van der Waals surface area contributed by atoms with Crippen LogP contribution in [0.25, 0.3) is 0 Å². The van der Waals surface area contributed by atoms with Crippen LogP contribution in [0.5, 0.6) is 5.75 Å². The van der Waals surface area contributed by atoms with Gasteiger partial charge < -0.3 is 14.4 Å². The number of carbonyl (C=O) groups excluding carboxylic acids is 1. The second-order valence-corrected chi connectivity index (χ2v) is 6.91. The Morgan fingerprint density at radius 1 is 1.18 bits per heavy atom. The molecular weight excluding hydrogens is 360 g/mol. The Kier molecular flexibility index (Phi) is 5.94. The quantitative estimate of drug-likeness (QED) is 0.428. The van der Waals surface area contributed by atoms with Gasteiger partial charge >= 0.3 is 0 Å². The molecule has 1 aliphatic heterocycles. The minimum absolute atomic E-state index is 0.00682. The van der Waals surface area contributed by atoms with Gasteiger partial charge in [-0.15, -0.1) is 0 Å². The van der Waals surface area contributed by atoms with Crippen LogP contribution in [0, 0.1) is 10.1 Å². The van der Waals surface area contributed by atoms with Crippen molar-refractivity contribution in [3.05, 3.63) is 63.7 Å². The third-order valence-corrected chi connectivity index (χ3v) is 4.62. The predicted molar refractivity (Wildman–Crippen MR) is 106 cm³/mol. The third kappa shape index (κ3) is 4.31. The first-order chi connectivity index (χ1) is 13.4. The van der Waals surface area contributed by atoms with Crippen LogP contribution in [0.2, 0.25) is 0 Å². The van der Waals surface area contributed by atoms with Crippen molar-refractivity contribution in [1.29, 1.82) is 0 Å². The monoisotopic (exact) mass is 384 g/mol. The highest BCUT2D eigenvalue weighted by molar-refractivity contribution is 6.12. The van der Waals surface area contributed by atoms with Crippen LogP contribution in [0.1, 0.15) is 36.7 Å². The molecule has 7 nitrogen and oxygen atoms in total. The number of nitro benzene ring substituents is 1. The van der Waals surface area contributed by atoms with E-state index in [9.17, 15) is 14.9 Å². The highest BCUT2D eigenvalue weighted by Gasteiger charge is 2.27. The number of carbonyl (C=O) groups is 1. The number of hydrogen-bond donors (Lipinski definition) is 0. The maximum absolute atomic E-state index is 13.2. The molecule has 0 N–H and O–H groups in total. The van der Waals surface area contributed by atoms with E-state index in [1.165, 1.54) is 12.1 Å². The molecule has 0 spiro atoms. The SMILES string of the molecule is CCOc1ccc(C(=O)c2cc([N+](=O)[O-])ccc2N2C[C@@H](C)O[C@@H](C)C2)cc1. The van der Waals surface area contributed by atoms with Crippen LogP contribution in [-0.2, 0) is 4.74 Å². The van der Waals surface area contributed by atoms with Crippen molar-refractivity contribution in [2.75, 3.05) is 24.6 Å². The fraction of sp³-hybridized carbons (Fsp3) is 0.381. The van der Waals surface area contributed by atoms with Gasteiger partial charge in [-0.1, -0.05) is 0 Å². The summed E-state index contributed by atoms with van der Waals surface area (Å²) in [5, 5.41) is 11.3. The van der Waals surface area contributed by atoms with Crippen LogP contribution >= 0.6 is 0 Å². The molecule has 2 atom stereocenters. The van der Waals surface area contributed by atoms with E-state index in [2.05, 4.69) is 4.90 Å². The molecule has 1 fully saturated rings. The van der Waals surface area contributed by atoms with Crippen molar-refractivity contribution in [3.63, 3.8) is 0 Å². The van der Waals surface area contributed by atoms with E-state index >= 15 is 0 Å². The zero-order valence-corrected chi connectivity index (χ0v) is 16.3. The third-order valence-electron chi connectivity index (χ3n) is 4.62. The molecule has 0 amide bonds. The first-order valence-electron chi connectivity index (χ1n) is 9.35. The Morgan fingerprint density at radius 3 is 2.39 bits per heavy atom. The summed E-state index contributed by atoms with van der Waals surface area (Å²) in [4.78, 5) is 26.0. The molecule has 0 aliphatic carbocycles. The summed E-state index contributed by atoms with van der Waals surface area (Å²) < 4.78 is 11.2. The molecule has 3 rings (SSSR count). The Labute approximate surface area is 164 Å². The van der Waals surface area contributed by atoms with E-state index in [4.69, 9.17) is 9.47 Å². The van der Waals surface area contributed by atoms with Gasteiger partial charge in [-0.05, 0) is 51.1 Å². The summed E-state index contributed by atoms with van der Waals surface area (Å²) in [6.45, 7) is 7.61. The van der Waals surface area contributed by atoms with Gasteiger partial charge in [0.05, 0.1) is 29.3 Å². The highest BCUT2D eigenvalue weighted by atomic mass is 16.6. The summed E-state index contributed by atoms with van der Waals surface area (Å²) in [5.74, 6) is 0.419. The van der Waals surface area contributed by atoms with E-state index in [0.29, 0.717) is 42.3 Å². The van der Waals surface area contributed by atoms with Crippen LogP contribution in [-0.4, -0.2) is 42.6 Å². The van der Waals surface area contributed by atoms with Gasteiger partial charge in [0, 0.05) is 36.5 Å². The van der Waals surface area contributed by atoms with E-state index in [0.717, 1.165) is 0 Å². The summed E-state index contributed by atoms with van der Waals surface area (Å²) in [6, 6.07) is 11.3. The molecule has 2 aromatic rings. The number of hydrogen-bond acceptors (Lipinski definition) is 6. The van der Waals surface area contributed by atoms with Gasteiger partial charge in [0.15, 0.2) is 5.78 Å². The molecule has 0 saturated carbocycles. The molecular formula is C21H24N2O5. The lowest BCUT2D eigenvalue weighted by Gasteiger charge is -2.37. The topological polar surface area (TPSA) is 81.9 Å². The second-order valence-electron chi connectivity index (χ2n) is 6.91. The standard InChI is InChI=1S/C21H24N2O5/c1-4-27-18-8-5-16(6-9-18)21(24)19-11-17(23(25)26)7-10-20(19)22-12-14(2)28-15(3)13-22/h5-11,14-15H,4,12-13H2,1-3H3/t14-,15+. The molecule has 0 aromatic heterocycles. The fourth-order valence-corrected chi connectivity index (χ4v) is 3.49. The summed E-state index contributed by atoms with van der Waals surface area (Å²) in [5.41, 5.74) is 1.36. The largest absolute Gasteiger partial charge is 0.494 e. The zero-order valence-electron chi connectivity index (χ0n) is 16.3. The Hall–Kier alpha value is -2.93. The van der Waals surface area contributed by atoms with Crippen molar-refractivity contribution in [3.8, 4) is 5.75 Å². The van der Waals surface area contributed by atoms with E-state index < -0.39 is 4.92 Å². The van der Waals surface area contributed by atoms with Crippen LogP contribution in [0.3, 0.4) is 0 Å². The molecule has 0 radical (unpaired) electrons. The van der Waals surface area contributed by atoms with Crippen LogP contribution in [0.15, 0.2) is 42.5 Å². The van der Waals surface area contributed by atoms with Crippen molar-refractivity contribution >= 4 is 17.2 Å². The van der Waals surface area contributed by atoms with Gasteiger partial charge in [0.25, 0.3) is 5.69 Å². The molecule has 1 saturated heterocycles. The van der Waals surface area contributed by atoms with Gasteiger partial charge in [-0.25, -0.2) is 0 Å². The Morgan fingerprint density at radius 2 is 1.82 bits per heavy atom. The Bertz CT molecular complexity index is 856. The van der Waals surface area contributed by atoms with Crippen molar-refractivity contribution in [1.82, 2.24) is 0 Å². The van der Waals surface area contributed by atoms with Gasteiger partial charge in [-0.3, -0.25) is 14.9 Å². The number of nitro groups is 1. The number of rotatable bonds is 6. The smallest absolute Gasteiger partial charge is 0.270 e. The van der Waals surface area contributed by atoms with Gasteiger partial charge in [0.2, 0.25) is 0 Å². The van der Waals surface area contributed by atoms with Crippen LogP contribution < -0.4 is 9.64 Å². The number of non-ortho nitro benzene ring substituents is 1. The number of nitrogens with zero attached hydrogens (tertiary/aromatic N) is 2. The van der Waals surface area contributed by atoms with Gasteiger partial charge in [0.1, 0.15) is 5.75 Å². The second kappa shape index (κ2) is 8.39. The fourth-order valence-electron chi connectivity index (χ4n) is 3.49. The van der Waals surface area contributed by atoms with E-state index in [1.54, 1.807) is 30.3 Å². The van der Waals surface area contributed by atoms with Crippen LogP contribution in [0.4, 0.5) is 11.4 Å². The maximum Gasteiger partial charge on any atom is 0.270 e.